The molecule has 3 aromatic carbocycles. The molecule has 1 aromatic heterocycles. The molecule has 7 rings (SSSR count). The van der Waals surface area contributed by atoms with Crippen LogP contribution in [0.3, 0.4) is 0 Å². The van der Waals surface area contributed by atoms with Gasteiger partial charge in [-0.1, -0.05) is 30.3 Å². The van der Waals surface area contributed by atoms with E-state index in [4.69, 9.17) is 14.7 Å². The number of nitro benzene ring substituents is 1. The summed E-state index contributed by atoms with van der Waals surface area (Å²) < 4.78 is 6.26. The number of nitro groups is 1. The molecule has 2 bridgehead atoms. The molecule has 3 aliphatic heterocycles. The molecule has 4 heterocycles. The number of aromatic nitrogens is 2. The van der Waals surface area contributed by atoms with Gasteiger partial charge in [0.1, 0.15) is 12.4 Å². The molecule has 0 spiro atoms. The topological polar surface area (TPSA) is 96.7 Å². The minimum absolute atomic E-state index is 0.0780. The number of benzene rings is 3. The average molecular weight is 525 g/mol. The molecule has 3 saturated heterocycles. The van der Waals surface area contributed by atoms with Crippen molar-refractivity contribution in [1.82, 2.24) is 20.2 Å². The number of piperazine rings is 1. The third-order valence-corrected chi connectivity index (χ3v) is 8.73. The van der Waals surface area contributed by atoms with E-state index >= 15 is 0 Å². The first kappa shape index (κ1) is 24.2. The third-order valence-electron chi connectivity index (χ3n) is 8.73. The van der Waals surface area contributed by atoms with E-state index in [1.165, 1.54) is 6.42 Å². The van der Waals surface area contributed by atoms with Crippen LogP contribution in [0.5, 0.6) is 6.01 Å². The summed E-state index contributed by atoms with van der Waals surface area (Å²) in [7, 11) is 2.14. The first-order chi connectivity index (χ1) is 19.0. The van der Waals surface area contributed by atoms with E-state index < -0.39 is 0 Å². The van der Waals surface area contributed by atoms with Crippen LogP contribution in [0, 0.1) is 10.1 Å². The first-order valence-corrected chi connectivity index (χ1v) is 13.9. The van der Waals surface area contributed by atoms with Gasteiger partial charge in [0.2, 0.25) is 0 Å². The number of nitrogens with zero attached hydrogens (tertiary/aromatic N) is 5. The Bertz CT molecular complexity index is 1560. The molecular weight excluding hydrogens is 492 g/mol. The van der Waals surface area contributed by atoms with Gasteiger partial charge in [0.15, 0.2) is 0 Å². The van der Waals surface area contributed by atoms with Gasteiger partial charge in [0.25, 0.3) is 5.69 Å². The van der Waals surface area contributed by atoms with Gasteiger partial charge in [-0.05, 0) is 73.3 Å². The van der Waals surface area contributed by atoms with Gasteiger partial charge in [-0.3, -0.25) is 10.1 Å². The highest BCUT2D eigenvalue weighted by molar-refractivity contribution is 6.01. The van der Waals surface area contributed by atoms with E-state index in [9.17, 15) is 10.1 Å². The van der Waals surface area contributed by atoms with Crippen LogP contribution in [-0.2, 0) is 0 Å². The number of likely N-dealkylation sites (N-methyl/N-ethyl adjacent to an activating group) is 1. The highest BCUT2D eigenvalue weighted by Crippen LogP contribution is 2.39. The number of non-ortho nitro benzene ring substituents is 1. The number of fused-ring (bicyclic) bond motifs is 4. The molecule has 0 radical (unpaired) electrons. The Balaban J connectivity index is 1.35. The number of anilines is 1. The largest absolute Gasteiger partial charge is 0.462 e. The van der Waals surface area contributed by atoms with Gasteiger partial charge in [-0.2, -0.15) is 9.97 Å². The van der Waals surface area contributed by atoms with E-state index in [1.54, 1.807) is 12.1 Å². The summed E-state index contributed by atoms with van der Waals surface area (Å²) in [4.78, 5) is 26.1. The molecule has 200 valence electrons. The SMILES string of the molecule is CN1CCC[C@H]1COc1nc(N2C3CCC2CNC3)c2ccc(-c3cc([N+](=O)[O-])cc4ccccc34)cc2n1. The quantitative estimate of drug-likeness (QED) is 0.285. The molecule has 9 heteroatoms. The zero-order valence-electron chi connectivity index (χ0n) is 22.0. The Kier molecular flexibility index (Phi) is 6.05. The number of likely N-dealkylation sites (tertiary alicyclic amines) is 1. The summed E-state index contributed by atoms with van der Waals surface area (Å²) in [5, 5.41) is 18.1. The van der Waals surface area contributed by atoms with Crippen molar-refractivity contribution in [2.75, 3.05) is 38.2 Å². The van der Waals surface area contributed by atoms with Gasteiger partial charge in [0, 0.05) is 48.7 Å². The monoisotopic (exact) mass is 524 g/mol. The van der Waals surface area contributed by atoms with Crippen LogP contribution in [0.4, 0.5) is 11.5 Å². The first-order valence-electron chi connectivity index (χ1n) is 13.9. The smallest absolute Gasteiger partial charge is 0.319 e. The van der Waals surface area contributed by atoms with Gasteiger partial charge < -0.3 is 19.9 Å². The van der Waals surface area contributed by atoms with Gasteiger partial charge >= 0.3 is 6.01 Å². The van der Waals surface area contributed by atoms with Crippen LogP contribution in [0.25, 0.3) is 32.8 Å². The van der Waals surface area contributed by atoms with Crippen LogP contribution in [0.2, 0.25) is 0 Å². The van der Waals surface area contributed by atoms with Crippen molar-refractivity contribution in [2.24, 2.45) is 0 Å². The molecule has 2 unspecified atom stereocenters. The highest BCUT2D eigenvalue weighted by Gasteiger charge is 2.38. The molecule has 9 nitrogen and oxygen atoms in total. The zero-order valence-corrected chi connectivity index (χ0v) is 22.0. The van der Waals surface area contributed by atoms with Crippen molar-refractivity contribution in [1.29, 1.82) is 0 Å². The molecular formula is C30H32N6O3. The number of hydrogen-bond acceptors (Lipinski definition) is 8. The van der Waals surface area contributed by atoms with Crippen LogP contribution in [0.1, 0.15) is 25.7 Å². The Morgan fingerprint density at radius 2 is 1.85 bits per heavy atom. The fourth-order valence-electron chi connectivity index (χ4n) is 6.64. The standard InChI is InChI=1S/C30H32N6O3/c1-34-12-4-6-23(34)18-39-30-32-28-14-20(27-15-24(36(37)38)13-19-5-2-3-7-25(19)27)8-11-26(28)29(33-30)35-21-9-10-22(35)17-31-16-21/h2-3,5,7-8,11,13-15,21-23,31H,4,6,9-10,12,16-18H2,1H3/t21?,22?,23-/m0/s1. The van der Waals surface area contributed by atoms with E-state index in [0.29, 0.717) is 30.7 Å². The highest BCUT2D eigenvalue weighted by atomic mass is 16.6. The summed E-state index contributed by atoms with van der Waals surface area (Å²) in [5.74, 6) is 0.930. The van der Waals surface area contributed by atoms with Crippen molar-refractivity contribution in [2.45, 2.75) is 43.8 Å². The fraction of sp³-hybridized carbons (Fsp3) is 0.400. The van der Waals surface area contributed by atoms with Crippen LogP contribution in [0.15, 0.2) is 54.6 Å². The van der Waals surface area contributed by atoms with Crippen LogP contribution in [-0.4, -0.2) is 71.2 Å². The lowest BCUT2D eigenvalue weighted by Crippen LogP contribution is -2.52. The van der Waals surface area contributed by atoms with E-state index in [0.717, 1.165) is 77.5 Å². The molecule has 0 amide bonds. The molecule has 3 fully saturated rings. The Labute approximate surface area is 226 Å². The zero-order chi connectivity index (χ0) is 26.5. The number of rotatable bonds is 6. The van der Waals surface area contributed by atoms with Gasteiger partial charge in [-0.25, -0.2) is 0 Å². The van der Waals surface area contributed by atoms with Crippen molar-refractivity contribution in [3.05, 3.63) is 64.7 Å². The lowest BCUT2D eigenvalue weighted by atomic mass is 9.96. The second-order valence-electron chi connectivity index (χ2n) is 11.1. The maximum absolute atomic E-state index is 11.7. The lowest BCUT2D eigenvalue weighted by Gasteiger charge is -2.37. The molecule has 0 saturated carbocycles. The summed E-state index contributed by atoms with van der Waals surface area (Å²) >= 11 is 0. The number of nitrogens with one attached hydrogen (secondary N) is 1. The molecule has 3 atom stereocenters. The second-order valence-corrected chi connectivity index (χ2v) is 11.1. The van der Waals surface area contributed by atoms with E-state index in [2.05, 4.69) is 28.2 Å². The number of hydrogen-bond donors (Lipinski definition) is 1. The van der Waals surface area contributed by atoms with Crippen molar-refractivity contribution >= 4 is 33.2 Å². The number of ether oxygens (including phenoxy) is 1. The third kappa shape index (κ3) is 4.35. The van der Waals surface area contributed by atoms with Crippen molar-refractivity contribution in [3.8, 4) is 17.1 Å². The normalized spacial score (nSPS) is 23.1. The fourth-order valence-corrected chi connectivity index (χ4v) is 6.64. The summed E-state index contributed by atoms with van der Waals surface area (Å²) in [6.07, 6.45) is 4.58. The Morgan fingerprint density at radius 3 is 2.62 bits per heavy atom. The second kappa shape index (κ2) is 9.73. The maximum Gasteiger partial charge on any atom is 0.319 e. The summed E-state index contributed by atoms with van der Waals surface area (Å²) in [6, 6.07) is 18.8. The van der Waals surface area contributed by atoms with Crippen molar-refractivity contribution < 1.29 is 9.66 Å². The lowest BCUT2D eigenvalue weighted by molar-refractivity contribution is -0.384. The predicted molar refractivity (Wildman–Crippen MR) is 152 cm³/mol. The van der Waals surface area contributed by atoms with Crippen LogP contribution >= 0.6 is 0 Å². The summed E-state index contributed by atoms with van der Waals surface area (Å²) in [5.41, 5.74) is 2.58. The Morgan fingerprint density at radius 1 is 1.03 bits per heavy atom. The van der Waals surface area contributed by atoms with E-state index in [-0.39, 0.29) is 10.6 Å². The molecule has 1 N–H and O–H groups in total. The van der Waals surface area contributed by atoms with Gasteiger partial charge in [0.05, 0.1) is 10.4 Å². The average Bonchev–Trinajstić information content (AvgIpc) is 3.47. The van der Waals surface area contributed by atoms with Crippen LogP contribution < -0.4 is 15.0 Å². The minimum Gasteiger partial charge on any atom is -0.462 e. The predicted octanol–water partition coefficient (Wildman–Crippen LogP) is 4.77. The summed E-state index contributed by atoms with van der Waals surface area (Å²) in [6.45, 7) is 3.54. The van der Waals surface area contributed by atoms with Gasteiger partial charge in [-0.15, -0.1) is 0 Å². The minimum atomic E-state index is -0.330. The van der Waals surface area contributed by atoms with Crippen molar-refractivity contribution in [3.63, 3.8) is 0 Å². The molecule has 4 aromatic rings. The Hall–Kier alpha value is -3.82. The maximum atomic E-state index is 11.7. The molecule has 39 heavy (non-hydrogen) atoms. The van der Waals surface area contributed by atoms with E-state index in [1.807, 2.05) is 36.4 Å². The molecule has 3 aliphatic rings. The molecule has 0 aliphatic carbocycles.